The highest BCUT2D eigenvalue weighted by molar-refractivity contribution is 7.86. The number of carbonyl (C=O) groups excluding carboxylic acids is 1. The molecular formula is C14H10Cl2N2O3S. The van der Waals surface area contributed by atoms with Crippen molar-refractivity contribution >= 4 is 51.5 Å². The van der Waals surface area contributed by atoms with E-state index >= 15 is 0 Å². The van der Waals surface area contributed by atoms with Crippen LogP contribution in [0.5, 0.6) is 5.75 Å². The molecule has 0 radical (unpaired) electrons. The first kappa shape index (κ1) is 15.1. The number of benzene rings is 2. The smallest absolute Gasteiger partial charge is 0.262 e. The summed E-state index contributed by atoms with van der Waals surface area (Å²) in [7, 11) is -1.58. The minimum absolute atomic E-state index is 0.0781. The molecule has 0 fully saturated rings. The monoisotopic (exact) mass is 356 g/mol. The van der Waals surface area contributed by atoms with Gasteiger partial charge in [-0.1, -0.05) is 23.2 Å². The maximum absolute atomic E-state index is 12.4. The van der Waals surface area contributed by atoms with E-state index in [9.17, 15) is 9.00 Å². The van der Waals surface area contributed by atoms with E-state index in [1.807, 2.05) is 0 Å². The second-order valence-corrected chi connectivity index (χ2v) is 6.52. The highest BCUT2D eigenvalue weighted by Crippen LogP contribution is 2.35. The van der Waals surface area contributed by atoms with Gasteiger partial charge in [-0.2, -0.15) is 0 Å². The molecule has 1 heterocycles. The fourth-order valence-corrected chi connectivity index (χ4v) is 3.31. The first-order valence-corrected chi connectivity index (χ1v) is 8.14. The van der Waals surface area contributed by atoms with Crippen LogP contribution < -0.4 is 14.8 Å². The highest BCUT2D eigenvalue weighted by Gasteiger charge is 2.20. The third kappa shape index (κ3) is 3.19. The van der Waals surface area contributed by atoms with Crippen molar-refractivity contribution in [3.05, 3.63) is 46.4 Å². The van der Waals surface area contributed by atoms with Gasteiger partial charge in [-0.25, -0.2) is 4.21 Å². The molecule has 22 heavy (non-hydrogen) atoms. The molecule has 2 aromatic carbocycles. The summed E-state index contributed by atoms with van der Waals surface area (Å²) in [4.78, 5) is 11.6. The predicted molar refractivity (Wildman–Crippen MR) is 87.1 cm³/mol. The average Bonchev–Trinajstić information content (AvgIpc) is 2.48. The minimum Gasteiger partial charge on any atom is -0.482 e. The summed E-state index contributed by atoms with van der Waals surface area (Å²) in [6.45, 7) is -0.0781. The Hall–Kier alpha value is -1.76. The minimum atomic E-state index is -1.58. The molecule has 1 aliphatic rings. The zero-order valence-electron chi connectivity index (χ0n) is 11.1. The molecule has 114 valence electrons. The molecule has 0 bridgehead atoms. The molecule has 2 N–H and O–H groups in total. The third-order valence-electron chi connectivity index (χ3n) is 2.92. The van der Waals surface area contributed by atoms with Crippen LogP contribution in [0.25, 0.3) is 0 Å². The van der Waals surface area contributed by atoms with Crippen LogP contribution in [0.3, 0.4) is 0 Å². The van der Waals surface area contributed by atoms with E-state index in [4.69, 9.17) is 27.9 Å². The fraction of sp³-hybridized carbons (Fsp3) is 0.0714. The summed E-state index contributed by atoms with van der Waals surface area (Å²) >= 11 is 11.9. The number of ether oxygens (including phenoxy) is 1. The average molecular weight is 357 g/mol. The van der Waals surface area contributed by atoms with Crippen LogP contribution in [0.15, 0.2) is 41.3 Å². The molecule has 1 atom stereocenters. The molecule has 1 unspecified atom stereocenters. The maximum Gasteiger partial charge on any atom is 0.262 e. The Morgan fingerprint density at radius 1 is 1.18 bits per heavy atom. The Morgan fingerprint density at radius 3 is 2.64 bits per heavy atom. The Labute approximate surface area is 139 Å². The molecule has 5 nitrogen and oxygen atoms in total. The first-order valence-electron chi connectivity index (χ1n) is 6.23. The van der Waals surface area contributed by atoms with Crippen LogP contribution >= 0.6 is 23.2 Å². The number of nitrogens with one attached hydrogen (secondary N) is 2. The van der Waals surface area contributed by atoms with Gasteiger partial charge in [0.1, 0.15) is 5.75 Å². The quantitative estimate of drug-likeness (QED) is 0.884. The number of hydrogen-bond donors (Lipinski definition) is 2. The van der Waals surface area contributed by atoms with E-state index < -0.39 is 11.0 Å². The van der Waals surface area contributed by atoms with Crippen LogP contribution in [0, 0.1) is 0 Å². The number of rotatable bonds is 3. The standard InChI is InChI=1S/C14H10Cl2N2O3S/c15-8-1-3-9(4-2-8)18-22(20)13-6-12-11(5-10(13)16)17-14(19)7-21-12/h1-6,18H,7H2,(H,17,19). The lowest BCUT2D eigenvalue weighted by Crippen LogP contribution is -2.25. The van der Waals surface area contributed by atoms with Crippen molar-refractivity contribution in [2.45, 2.75) is 4.90 Å². The molecule has 0 aromatic heterocycles. The Balaban J connectivity index is 1.86. The van der Waals surface area contributed by atoms with Crippen molar-refractivity contribution in [3.8, 4) is 5.75 Å². The van der Waals surface area contributed by atoms with Crippen LogP contribution in [0.1, 0.15) is 0 Å². The topological polar surface area (TPSA) is 67.4 Å². The van der Waals surface area contributed by atoms with Crippen molar-refractivity contribution in [2.75, 3.05) is 16.6 Å². The van der Waals surface area contributed by atoms with Gasteiger partial charge in [-0.05, 0) is 30.3 Å². The molecule has 3 rings (SSSR count). The van der Waals surface area contributed by atoms with Gasteiger partial charge in [0.2, 0.25) is 0 Å². The Kier molecular flexibility index (Phi) is 4.24. The molecule has 1 aliphatic heterocycles. The van der Waals surface area contributed by atoms with Crippen molar-refractivity contribution in [3.63, 3.8) is 0 Å². The van der Waals surface area contributed by atoms with Gasteiger partial charge >= 0.3 is 0 Å². The van der Waals surface area contributed by atoms with E-state index in [2.05, 4.69) is 10.0 Å². The third-order valence-corrected chi connectivity index (χ3v) is 4.76. The predicted octanol–water partition coefficient (Wildman–Crippen LogP) is 3.46. The summed E-state index contributed by atoms with van der Waals surface area (Å²) in [5.41, 5.74) is 1.11. The molecule has 0 saturated heterocycles. The lowest BCUT2D eigenvalue weighted by atomic mass is 10.2. The summed E-state index contributed by atoms with van der Waals surface area (Å²) in [5.74, 6) is 0.182. The number of fused-ring (bicyclic) bond motifs is 1. The lowest BCUT2D eigenvalue weighted by Gasteiger charge is -2.19. The summed E-state index contributed by atoms with van der Waals surface area (Å²) in [6, 6.07) is 9.87. The van der Waals surface area contributed by atoms with Gasteiger partial charge < -0.3 is 14.8 Å². The second kappa shape index (κ2) is 6.16. The zero-order chi connectivity index (χ0) is 15.7. The van der Waals surface area contributed by atoms with Crippen molar-refractivity contribution in [1.82, 2.24) is 0 Å². The van der Waals surface area contributed by atoms with Crippen molar-refractivity contribution in [2.24, 2.45) is 0 Å². The van der Waals surface area contributed by atoms with E-state index in [0.717, 1.165) is 0 Å². The maximum atomic E-state index is 12.4. The highest BCUT2D eigenvalue weighted by atomic mass is 35.5. The normalized spacial score (nSPS) is 14.5. The van der Waals surface area contributed by atoms with E-state index in [1.165, 1.54) is 6.07 Å². The van der Waals surface area contributed by atoms with E-state index in [-0.39, 0.29) is 17.5 Å². The van der Waals surface area contributed by atoms with Gasteiger partial charge in [0.25, 0.3) is 5.91 Å². The van der Waals surface area contributed by atoms with Crippen LogP contribution in [0.4, 0.5) is 11.4 Å². The molecule has 2 aromatic rings. The first-order chi connectivity index (χ1) is 10.5. The number of halogens is 2. The van der Waals surface area contributed by atoms with E-state index in [0.29, 0.717) is 27.0 Å². The van der Waals surface area contributed by atoms with Gasteiger partial charge in [-0.15, -0.1) is 0 Å². The fourth-order valence-electron chi connectivity index (χ4n) is 1.90. The molecule has 8 heteroatoms. The largest absolute Gasteiger partial charge is 0.482 e. The number of amides is 1. The summed E-state index contributed by atoms with van der Waals surface area (Å²) in [5, 5.41) is 3.50. The van der Waals surface area contributed by atoms with Gasteiger partial charge in [0, 0.05) is 16.8 Å². The molecule has 0 aliphatic carbocycles. The number of anilines is 2. The molecule has 0 saturated carbocycles. The number of carbonyl (C=O) groups is 1. The molecule has 1 amide bonds. The van der Waals surface area contributed by atoms with Crippen LogP contribution in [0.2, 0.25) is 10.0 Å². The summed E-state index contributed by atoms with van der Waals surface area (Å²) < 4.78 is 20.5. The van der Waals surface area contributed by atoms with Crippen molar-refractivity contribution < 1.29 is 13.7 Å². The van der Waals surface area contributed by atoms with Gasteiger partial charge in [-0.3, -0.25) is 4.79 Å². The SMILES string of the molecule is O=C1COc2cc(S(=O)Nc3ccc(Cl)cc3)c(Cl)cc2N1. The van der Waals surface area contributed by atoms with Gasteiger partial charge in [0.15, 0.2) is 17.6 Å². The van der Waals surface area contributed by atoms with Crippen LogP contribution in [-0.2, 0) is 15.8 Å². The van der Waals surface area contributed by atoms with Crippen LogP contribution in [-0.4, -0.2) is 16.7 Å². The second-order valence-electron chi connectivity index (χ2n) is 4.49. The molecule has 0 spiro atoms. The summed E-state index contributed by atoms with van der Waals surface area (Å²) in [6.07, 6.45) is 0. The number of hydrogen-bond acceptors (Lipinski definition) is 3. The van der Waals surface area contributed by atoms with E-state index in [1.54, 1.807) is 30.3 Å². The Bertz CT molecular complexity index is 765. The zero-order valence-corrected chi connectivity index (χ0v) is 13.4. The molecular weight excluding hydrogens is 347 g/mol. The Morgan fingerprint density at radius 2 is 1.91 bits per heavy atom. The van der Waals surface area contributed by atoms with Crippen molar-refractivity contribution in [1.29, 1.82) is 0 Å². The lowest BCUT2D eigenvalue weighted by molar-refractivity contribution is -0.118. The van der Waals surface area contributed by atoms with Gasteiger partial charge in [0.05, 0.1) is 15.6 Å².